The average molecular weight is 299 g/mol. The highest BCUT2D eigenvalue weighted by Crippen LogP contribution is 2.19. The van der Waals surface area contributed by atoms with Crippen molar-refractivity contribution >= 4 is 15.7 Å². The molecule has 2 rings (SSSR count). The molecule has 1 saturated heterocycles. The van der Waals surface area contributed by atoms with Crippen molar-refractivity contribution in [2.24, 2.45) is 0 Å². The molecular weight excluding hydrogens is 278 g/mol. The number of aromatic nitrogens is 2. The minimum absolute atomic E-state index is 0.0547. The average Bonchev–Trinajstić information content (AvgIpc) is 2.90. The monoisotopic (exact) mass is 299 g/mol. The van der Waals surface area contributed by atoms with Gasteiger partial charge in [-0.1, -0.05) is 0 Å². The molecule has 1 fully saturated rings. The Labute approximate surface area is 119 Å². The summed E-state index contributed by atoms with van der Waals surface area (Å²) in [6.07, 6.45) is 0.508. The van der Waals surface area contributed by atoms with Crippen LogP contribution in [0.25, 0.3) is 0 Å². The van der Waals surface area contributed by atoms with E-state index < -0.39 is 9.84 Å². The lowest BCUT2D eigenvalue weighted by atomic mass is 10.2. The van der Waals surface area contributed by atoms with Crippen LogP contribution >= 0.6 is 0 Å². The third-order valence-corrected chi connectivity index (χ3v) is 5.46. The number of aryl methyl sites for hydroxylation is 1. The number of hydrogen-bond acceptors (Lipinski definition) is 4. The Kier molecular flexibility index (Phi) is 3.90. The van der Waals surface area contributed by atoms with E-state index in [9.17, 15) is 13.2 Å². The highest BCUT2D eigenvalue weighted by atomic mass is 32.2. The third-order valence-electron chi connectivity index (χ3n) is 3.71. The van der Waals surface area contributed by atoms with Crippen molar-refractivity contribution in [2.45, 2.75) is 39.3 Å². The van der Waals surface area contributed by atoms with Crippen molar-refractivity contribution in [3.8, 4) is 0 Å². The number of rotatable bonds is 3. The first-order chi connectivity index (χ1) is 9.21. The van der Waals surface area contributed by atoms with E-state index in [1.165, 1.54) is 4.90 Å². The lowest BCUT2D eigenvalue weighted by molar-refractivity contribution is 0.0740. The van der Waals surface area contributed by atoms with E-state index in [1.54, 1.807) is 17.8 Å². The van der Waals surface area contributed by atoms with Crippen LogP contribution in [0.1, 0.15) is 42.5 Å². The quantitative estimate of drug-likeness (QED) is 0.835. The van der Waals surface area contributed by atoms with Crippen LogP contribution in [0.4, 0.5) is 0 Å². The van der Waals surface area contributed by atoms with Gasteiger partial charge >= 0.3 is 0 Å². The summed E-state index contributed by atoms with van der Waals surface area (Å²) in [5.74, 6) is 0.00280. The molecule has 7 heteroatoms. The smallest absolute Gasteiger partial charge is 0.274 e. The summed E-state index contributed by atoms with van der Waals surface area (Å²) < 4.78 is 24.8. The Hall–Kier alpha value is -1.37. The Morgan fingerprint density at radius 3 is 2.60 bits per heavy atom. The van der Waals surface area contributed by atoms with Crippen LogP contribution in [0.3, 0.4) is 0 Å². The van der Waals surface area contributed by atoms with E-state index in [-0.39, 0.29) is 29.5 Å². The van der Waals surface area contributed by atoms with Gasteiger partial charge in [0.05, 0.1) is 11.5 Å². The second kappa shape index (κ2) is 5.20. The lowest BCUT2D eigenvalue weighted by Crippen LogP contribution is -2.38. The first-order valence-corrected chi connectivity index (χ1v) is 8.57. The molecule has 0 bridgehead atoms. The van der Waals surface area contributed by atoms with Gasteiger partial charge in [-0.3, -0.25) is 9.48 Å². The van der Waals surface area contributed by atoms with E-state index in [0.717, 1.165) is 5.69 Å². The molecule has 2 heterocycles. The zero-order chi connectivity index (χ0) is 15.1. The van der Waals surface area contributed by atoms with Gasteiger partial charge in [0.1, 0.15) is 0 Å². The minimum Gasteiger partial charge on any atom is -0.336 e. The molecule has 112 valence electrons. The predicted molar refractivity (Wildman–Crippen MR) is 76.5 cm³/mol. The summed E-state index contributed by atoms with van der Waals surface area (Å²) in [5.41, 5.74) is 1.30. The molecule has 1 aliphatic heterocycles. The molecule has 0 N–H and O–H groups in total. The maximum absolute atomic E-state index is 12.4. The van der Waals surface area contributed by atoms with Crippen molar-refractivity contribution < 1.29 is 13.2 Å². The zero-order valence-corrected chi connectivity index (χ0v) is 13.1. The standard InChI is InChI=1S/C13H21N3O3S/c1-9(2)16-10(3)7-12(14-16)13(17)15(4)11-5-6-20(18,19)8-11/h7,9,11H,5-6,8H2,1-4H3. The summed E-state index contributed by atoms with van der Waals surface area (Å²) in [7, 11) is -1.34. The predicted octanol–water partition coefficient (Wildman–Crippen LogP) is 1.03. The molecule has 6 nitrogen and oxygen atoms in total. The van der Waals surface area contributed by atoms with Crippen molar-refractivity contribution in [3.05, 3.63) is 17.5 Å². The molecular formula is C13H21N3O3S. The van der Waals surface area contributed by atoms with Crippen LogP contribution in [0.2, 0.25) is 0 Å². The van der Waals surface area contributed by atoms with Gasteiger partial charge in [0.2, 0.25) is 0 Å². The van der Waals surface area contributed by atoms with Crippen LogP contribution in [0.5, 0.6) is 0 Å². The van der Waals surface area contributed by atoms with Gasteiger partial charge in [-0.25, -0.2) is 8.42 Å². The molecule has 1 atom stereocenters. The Morgan fingerprint density at radius 2 is 2.15 bits per heavy atom. The van der Waals surface area contributed by atoms with E-state index >= 15 is 0 Å². The summed E-state index contributed by atoms with van der Waals surface area (Å²) in [6.45, 7) is 5.91. The fourth-order valence-electron chi connectivity index (χ4n) is 2.54. The molecule has 0 saturated carbocycles. The minimum atomic E-state index is -2.99. The first kappa shape index (κ1) is 15.0. The molecule has 20 heavy (non-hydrogen) atoms. The van der Waals surface area contributed by atoms with Gasteiger partial charge in [0, 0.05) is 24.8 Å². The van der Waals surface area contributed by atoms with Crippen molar-refractivity contribution in [3.63, 3.8) is 0 Å². The number of nitrogens with zero attached hydrogens (tertiary/aromatic N) is 3. The van der Waals surface area contributed by atoms with Crippen LogP contribution in [-0.4, -0.2) is 53.6 Å². The molecule has 0 aromatic carbocycles. The van der Waals surface area contributed by atoms with Gasteiger partial charge in [-0.05, 0) is 33.3 Å². The molecule has 1 amide bonds. The molecule has 1 aliphatic rings. The molecule has 0 aliphatic carbocycles. The van der Waals surface area contributed by atoms with Crippen LogP contribution in [0.15, 0.2) is 6.07 Å². The maximum atomic E-state index is 12.4. The Morgan fingerprint density at radius 1 is 1.50 bits per heavy atom. The number of sulfone groups is 1. The highest BCUT2D eigenvalue weighted by Gasteiger charge is 2.33. The topological polar surface area (TPSA) is 72.3 Å². The highest BCUT2D eigenvalue weighted by molar-refractivity contribution is 7.91. The first-order valence-electron chi connectivity index (χ1n) is 6.75. The largest absolute Gasteiger partial charge is 0.336 e. The molecule has 1 aromatic rings. The fraction of sp³-hybridized carbons (Fsp3) is 0.692. The second-order valence-electron chi connectivity index (χ2n) is 5.68. The van der Waals surface area contributed by atoms with Gasteiger partial charge in [-0.15, -0.1) is 0 Å². The van der Waals surface area contributed by atoms with Gasteiger partial charge < -0.3 is 4.90 Å². The summed E-state index contributed by atoms with van der Waals surface area (Å²) in [4.78, 5) is 13.9. The second-order valence-corrected chi connectivity index (χ2v) is 7.91. The number of carbonyl (C=O) groups excluding carboxylic acids is 1. The number of hydrogen-bond donors (Lipinski definition) is 0. The van der Waals surface area contributed by atoms with Crippen molar-refractivity contribution in [1.29, 1.82) is 0 Å². The number of amides is 1. The van der Waals surface area contributed by atoms with Gasteiger partial charge in [-0.2, -0.15) is 5.10 Å². The van der Waals surface area contributed by atoms with Gasteiger partial charge in [0.15, 0.2) is 15.5 Å². The van der Waals surface area contributed by atoms with Crippen LogP contribution in [0, 0.1) is 6.92 Å². The Bertz CT molecular complexity index is 619. The SMILES string of the molecule is Cc1cc(C(=O)N(C)C2CCS(=O)(=O)C2)nn1C(C)C. The van der Waals surface area contributed by atoms with Crippen LogP contribution < -0.4 is 0 Å². The van der Waals surface area contributed by atoms with Gasteiger partial charge in [0.25, 0.3) is 5.91 Å². The number of carbonyl (C=O) groups is 1. The van der Waals surface area contributed by atoms with E-state index in [4.69, 9.17) is 0 Å². The molecule has 0 spiro atoms. The van der Waals surface area contributed by atoms with E-state index in [0.29, 0.717) is 12.1 Å². The summed E-state index contributed by atoms with van der Waals surface area (Å²) in [6, 6.07) is 1.70. The Balaban J connectivity index is 2.17. The third kappa shape index (κ3) is 2.87. The van der Waals surface area contributed by atoms with Crippen molar-refractivity contribution in [2.75, 3.05) is 18.6 Å². The van der Waals surface area contributed by atoms with Crippen LogP contribution in [-0.2, 0) is 9.84 Å². The summed E-state index contributed by atoms with van der Waals surface area (Å²) in [5, 5.41) is 4.31. The fourth-order valence-corrected chi connectivity index (χ4v) is 4.32. The normalized spacial score (nSPS) is 21.4. The van der Waals surface area contributed by atoms with Crippen molar-refractivity contribution in [1.82, 2.24) is 14.7 Å². The summed E-state index contributed by atoms with van der Waals surface area (Å²) >= 11 is 0. The maximum Gasteiger partial charge on any atom is 0.274 e. The molecule has 1 aromatic heterocycles. The molecule has 1 unspecified atom stereocenters. The molecule has 0 radical (unpaired) electrons. The lowest BCUT2D eigenvalue weighted by Gasteiger charge is -2.22. The van der Waals surface area contributed by atoms with E-state index in [1.807, 2.05) is 20.8 Å². The zero-order valence-electron chi connectivity index (χ0n) is 12.3. The van der Waals surface area contributed by atoms with E-state index in [2.05, 4.69) is 5.10 Å².